The normalized spacial score (nSPS) is 17.9. The molecule has 0 spiro atoms. The van der Waals surface area contributed by atoms with Crippen molar-refractivity contribution in [2.75, 3.05) is 20.2 Å². The van der Waals surface area contributed by atoms with E-state index in [2.05, 4.69) is 15.4 Å². The summed E-state index contributed by atoms with van der Waals surface area (Å²) in [7, 11) is 1.32. The van der Waals surface area contributed by atoms with Gasteiger partial charge in [-0.05, 0) is 39.8 Å². The number of esters is 1. The number of nitrogens with one attached hydrogen (secondary N) is 2. The molecule has 1 aliphatic heterocycles. The second-order valence-electron chi connectivity index (χ2n) is 4.63. The van der Waals surface area contributed by atoms with Gasteiger partial charge < -0.3 is 15.4 Å². The molecule has 16 heavy (non-hydrogen) atoms. The van der Waals surface area contributed by atoms with E-state index in [1.165, 1.54) is 7.11 Å². The Balaban J connectivity index is 2.52. The largest absolute Gasteiger partial charge is 0.467 e. The highest BCUT2D eigenvalue weighted by atomic mass is 16.5. The molecule has 0 aromatic rings. The lowest BCUT2D eigenvalue weighted by atomic mass is 9.95. The van der Waals surface area contributed by atoms with Crippen molar-refractivity contribution >= 4 is 11.9 Å². The molecule has 1 heterocycles. The predicted molar refractivity (Wildman–Crippen MR) is 59.8 cm³/mol. The zero-order valence-electron chi connectivity index (χ0n) is 10.1. The van der Waals surface area contributed by atoms with Gasteiger partial charge in [-0.25, -0.2) is 4.79 Å². The molecule has 2 N–H and O–H groups in total. The van der Waals surface area contributed by atoms with Gasteiger partial charge in [-0.1, -0.05) is 0 Å². The van der Waals surface area contributed by atoms with E-state index in [0.717, 1.165) is 25.9 Å². The summed E-state index contributed by atoms with van der Waals surface area (Å²) in [5.74, 6) is -0.475. The number of piperidine rings is 1. The number of methoxy groups -OCH3 is 1. The minimum Gasteiger partial charge on any atom is -0.467 e. The highest BCUT2D eigenvalue weighted by Crippen LogP contribution is 2.14. The van der Waals surface area contributed by atoms with E-state index >= 15 is 0 Å². The maximum Gasteiger partial charge on any atom is 0.330 e. The predicted octanol–water partition coefficient (Wildman–Crippen LogP) is 0.0538. The maximum absolute atomic E-state index is 11.9. The highest BCUT2D eigenvalue weighted by molar-refractivity contribution is 5.88. The molecule has 1 amide bonds. The zero-order valence-corrected chi connectivity index (χ0v) is 10.1. The Morgan fingerprint density at radius 2 is 1.88 bits per heavy atom. The lowest BCUT2D eigenvalue weighted by molar-refractivity contribution is -0.150. The first kappa shape index (κ1) is 13.0. The van der Waals surface area contributed by atoms with Crippen molar-refractivity contribution < 1.29 is 14.3 Å². The van der Waals surface area contributed by atoms with Gasteiger partial charge in [0.2, 0.25) is 5.91 Å². The molecule has 0 saturated carbocycles. The second-order valence-corrected chi connectivity index (χ2v) is 4.63. The maximum atomic E-state index is 11.9. The van der Waals surface area contributed by atoms with Crippen LogP contribution in [0.5, 0.6) is 0 Å². The van der Waals surface area contributed by atoms with Gasteiger partial charge in [0, 0.05) is 5.92 Å². The lowest BCUT2D eigenvalue weighted by Crippen LogP contribution is -2.53. The lowest BCUT2D eigenvalue weighted by Gasteiger charge is -2.28. The molecule has 0 aromatic heterocycles. The molecule has 0 aliphatic carbocycles. The molecule has 1 rings (SSSR count). The average Bonchev–Trinajstić information content (AvgIpc) is 2.28. The van der Waals surface area contributed by atoms with Crippen LogP contribution >= 0.6 is 0 Å². The van der Waals surface area contributed by atoms with Crippen LogP contribution in [0.1, 0.15) is 26.7 Å². The summed E-state index contributed by atoms with van der Waals surface area (Å²) in [5, 5.41) is 5.93. The van der Waals surface area contributed by atoms with Gasteiger partial charge in [0.15, 0.2) is 0 Å². The number of carbonyl (C=O) groups excluding carboxylic acids is 2. The molecule has 92 valence electrons. The van der Waals surface area contributed by atoms with Crippen molar-refractivity contribution in [1.82, 2.24) is 10.6 Å². The van der Waals surface area contributed by atoms with Crippen LogP contribution in [0.25, 0.3) is 0 Å². The number of hydrogen-bond donors (Lipinski definition) is 2. The summed E-state index contributed by atoms with van der Waals surface area (Å²) in [6, 6.07) is 0. The molecular formula is C11H20N2O3. The fourth-order valence-corrected chi connectivity index (χ4v) is 1.80. The van der Waals surface area contributed by atoms with Crippen LogP contribution in [0, 0.1) is 5.92 Å². The number of ether oxygens (including phenoxy) is 1. The Hall–Kier alpha value is -1.10. The Morgan fingerprint density at radius 1 is 1.31 bits per heavy atom. The standard InChI is InChI=1S/C11H20N2O3/c1-11(2,10(15)16-3)13-9(14)8-4-6-12-7-5-8/h8,12H,4-7H2,1-3H3,(H,13,14). The van der Waals surface area contributed by atoms with E-state index < -0.39 is 11.5 Å². The summed E-state index contributed by atoms with van der Waals surface area (Å²) in [5.41, 5.74) is -0.948. The molecule has 1 aliphatic rings. The number of rotatable bonds is 3. The van der Waals surface area contributed by atoms with Crippen molar-refractivity contribution in [3.8, 4) is 0 Å². The van der Waals surface area contributed by atoms with Crippen LogP contribution in [0.3, 0.4) is 0 Å². The second kappa shape index (κ2) is 5.30. The van der Waals surface area contributed by atoms with E-state index in [0.29, 0.717) is 0 Å². The van der Waals surface area contributed by atoms with Gasteiger partial charge in [-0.15, -0.1) is 0 Å². The summed E-state index contributed by atoms with van der Waals surface area (Å²) in [6.45, 7) is 5.02. The zero-order chi connectivity index (χ0) is 12.2. The number of carbonyl (C=O) groups is 2. The molecular weight excluding hydrogens is 208 g/mol. The van der Waals surface area contributed by atoms with Crippen LogP contribution in [0.4, 0.5) is 0 Å². The Kier molecular flexibility index (Phi) is 4.29. The van der Waals surface area contributed by atoms with Gasteiger partial charge in [0.1, 0.15) is 5.54 Å². The molecule has 0 aromatic carbocycles. The number of amides is 1. The van der Waals surface area contributed by atoms with Crippen LogP contribution in [0.15, 0.2) is 0 Å². The van der Waals surface area contributed by atoms with Gasteiger partial charge >= 0.3 is 5.97 Å². The minimum atomic E-state index is -0.948. The monoisotopic (exact) mass is 228 g/mol. The fraction of sp³-hybridized carbons (Fsp3) is 0.818. The Morgan fingerprint density at radius 3 is 2.38 bits per heavy atom. The molecule has 1 saturated heterocycles. The Bertz CT molecular complexity index is 270. The third-order valence-corrected chi connectivity index (χ3v) is 2.84. The molecule has 0 bridgehead atoms. The van der Waals surface area contributed by atoms with Crippen LogP contribution < -0.4 is 10.6 Å². The summed E-state index contributed by atoms with van der Waals surface area (Å²) < 4.78 is 4.64. The van der Waals surface area contributed by atoms with Gasteiger partial charge in [0.25, 0.3) is 0 Å². The van der Waals surface area contributed by atoms with E-state index in [-0.39, 0.29) is 11.8 Å². The minimum absolute atomic E-state index is 0.00480. The van der Waals surface area contributed by atoms with Gasteiger partial charge in [0.05, 0.1) is 7.11 Å². The highest BCUT2D eigenvalue weighted by Gasteiger charge is 2.33. The van der Waals surface area contributed by atoms with Crippen LogP contribution in [0.2, 0.25) is 0 Å². The smallest absolute Gasteiger partial charge is 0.330 e. The third kappa shape index (κ3) is 3.20. The van der Waals surface area contributed by atoms with Crippen LogP contribution in [-0.2, 0) is 14.3 Å². The van der Waals surface area contributed by atoms with Gasteiger partial charge in [-0.2, -0.15) is 0 Å². The molecule has 0 radical (unpaired) electrons. The van der Waals surface area contributed by atoms with E-state index in [9.17, 15) is 9.59 Å². The molecule has 0 atom stereocenters. The SMILES string of the molecule is COC(=O)C(C)(C)NC(=O)C1CCNCC1. The number of hydrogen-bond acceptors (Lipinski definition) is 4. The topological polar surface area (TPSA) is 67.4 Å². The van der Waals surface area contributed by atoms with Crippen molar-refractivity contribution in [2.45, 2.75) is 32.2 Å². The molecule has 5 nitrogen and oxygen atoms in total. The van der Waals surface area contributed by atoms with Crippen molar-refractivity contribution in [3.05, 3.63) is 0 Å². The van der Waals surface area contributed by atoms with E-state index in [1.807, 2.05) is 0 Å². The third-order valence-electron chi connectivity index (χ3n) is 2.84. The molecule has 5 heteroatoms. The summed E-state index contributed by atoms with van der Waals surface area (Å²) in [6.07, 6.45) is 1.65. The first-order valence-corrected chi connectivity index (χ1v) is 5.58. The van der Waals surface area contributed by atoms with Gasteiger partial charge in [-0.3, -0.25) is 4.79 Å². The summed E-state index contributed by atoms with van der Waals surface area (Å²) >= 11 is 0. The van der Waals surface area contributed by atoms with E-state index in [1.54, 1.807) is 13.8 Å². The Labute approximate surface area is 95.9 Å². The van der Waals surface area contributed by atoms with Crippen molar-refractivity contribution in [1.29, 1.82) is 0 Å². The van der Waals surface area contributed by atoms with Crippen LogP contribution in [-0.4, -0.2) is 37.6 Å². The summed E-state index contributed by atoms with van der Waals surface area (Å²) in [4.78, 5) is 23.3. The van der Waals surface area contributed by atoms with E-state index in [4.69, 9.17) is 0 Å². The van der Waals surface area contributed by atoms with Crippen molar-refractivity contribution in [3.63, 3.8) is 0 Å². The first-order valence-electron chi connectivity index (χ1n) is 5.58. The van der Waals surface area contributed by atoms with Crippen molar-refractivity contribution in [2.24, 2.45) is 5.92 Å². The first-order chi connectivity index (χ1) is 7.47. The molecule has 0 unspecified atom stereocenters. The average molecular weight is 228 g/mol. The molecule has 1 fully saturated rings. The quantitative estimate of drug-likeness (QED) is 0.670. The fourth-order valence-electron chi connectivity index (χ4n) is 1.80.